The van der Waals surface area contributed by atoms with E-state index in [0.29, 0.717) is 31.7 Å². The number of carboxylic acid groups (broad SMARTS) is 1. The topological polar surface area (TPSA) is 95.9 Å². The maximum atomic E-state index is 12.4. The summed E-state index contributed by atoms with van der Waals surface area (Å²) < 4.78 is 33.0. The fraction of sp³-hybridized carbons (Fsp3) is 0.588. The summed E-state index contributed by atoms with van der Waals surface area (Å²) in [6.07, 6.45) is 2.14. The van der Waals surface area contributed by atoms with Crippen LogP contribution < -0.4 is 9.46 Å². The van der Waals surface area contributed by atoms with Crippen molar-refractivity contribution >= 4 is 16.0 Å². The smallest absolute Gasteiger partial charge is 0.317 e. The van der Waals surface area contributed by atoms with Crippen LogP contribution in [0, 0.1) is 0 Å². The second kappa shape index (κ2) is 8.64. The average Bonchev–Trinajstić information content (AvgIpc) is 2.54. The fourth-order valence-electron chi connectivity index (χ4n) is 2.88. The zero-order chi connectivity index (χ0) is 18.4. The van der Waals surface area contributed by atoms with Gasteiger partial charge in [0.15, 0.2) is 0 Å². The summed E-state index contributed by atoms with van der Waals surface area (Å²) in [6.45, 7) is 5.13. The first kappa shape index (κ1) is 19.7. The van der Waals surface area contributed by atoms with E-state index in [4.69, 9.17) is 9.84 Å². The number of nitrogens with one attached hydrogen (secondary N) is 1. The van der Waals surface area contributed by atoms with E-state index in [9.17, 15) is 13.2 Å². The lowest BCUT2D eigenvalue weighted by atomic mass is 9.86. The Morgan fingerprint density at radius 2 is 1.92 bits per heavy atom. The number of hydrogen-bond donors (Lipinski definition) is 2. The van der Waals surface area contributed by atoms with Gasteiger partial charge < -0.3 is 9.84 Å². The molecule has 1 aromatic carbocycles. The largest absolute Gasteiger partial charge is 0.494 e. The summed E-state index contributed by atoms with van der Waals surface area (Å²) in [5.41, 5.74) is 0. The maximum Gasteiger partial charge on any atom is 0.317 e. The molecule has 1 aliphatic carbocycles. The number of carbonyl (C=O) groups is 1. The van der Waals surface area contributed by atoms with Crippen LogP contribution in [0.25, 0.3) is 0 Å². The van der Waals surface area contributed by atoms with E-state index in [1.165, 1.54) is 12.1 Å². The van der Waals surface area contributed by atoms with Gasteiger partial charge in [-0.2, -0.15) is 0 Å². The Hall–Kier alpha value is -1.64. The number of rotatable bonds is 10. The molecule has 0 radical (unpaired) electrons. The number of aliphatic carboxylic acids is 1. The van der Waals surface area contributed by atoms with Crippen LogP contribution in [0.3, 0.4) is 0 Å². The van der Waals surface area contributed by atoms with Crippen molar-refractivity contribution in [2.24, 2.45) is 0 Å². The molecule has 1 fully saturated rings. The zero-order valence-corrected chi connectivity index (χ0v) is 15.5. The van der Waals surface area contributed by atoms with Crippen molar-refractivity contribution in [2.75, 3.05) is 19.7 Å². The highest BCUT2D eigenvalue weighted by Crippen LogP contribution is 2.27. The zero-order valence-electron chi connectivity index (χ0n) is 14.6. The SMILES string of the molecule is CCCOc1ccc(S(=O)(=O)NC2CC(N(CC)CC(=O)O)C2)cc1. The molecule has 2 rings (SSSR count). The normalized spacial score (nSPS) is 20.3. The van der Waals surface area contributed by atoms with Gasteiger partial charge in [-0.3, -0.25) is 9.69 Å². The molecule has 0 atom stereocenters. The Kier molecular flexibility index (Phi) is 6.80. The van der Waals surface area contributed by atoms with Crippen LogP contribution in [0.15, 0.2) is 29.2 Å². The molecule has 2 N–H and O–H groups in total. The molecular formula is C17H26N2O5S. The molecule has 0 amide bonds. The summed E-state index contributed by atoms with van der Waals surface area (Å²) >= 11 is 0. The number of carboxylic acids is 1. The van der Waals surface area contributed by atoms with Crippen LogP contribution in [0.4, 0.5) is 0 Å². The Labute approximate surface area is 149 Å². The average molecular weight is 370 g/mol. The fourth-order valence-corrected chi connectivity index (χ4v) is 4.14. The molecular weight excluding hydrogens is 344 g/mol. The molecule has 0 heterocycles. The lowest BCUT2D eigenvalue weighted by Gasteiger charge is -2.42. The first-order valence-corrected chi connectivity index (χ1v) is 10.0. The maximum absolute atomic E-state index is 12.4. The molecule has 1 aromatic rings. The van der Waals surface area contributed by atoms with Crippen LogP contribution in [0.2, 0.25) is 0 Å². The van der Waals surface area contributed by atoms with Crippen molar-refractivity contribution in [1.29, 1.82) is 0 Å². The predicted molar refractivity (Wildman–Crippen MR) is 94.2 cm³/mol. The van der Waals surface area contributed by atoms with Gasteiger partial charge in [-0.15, -0.1) is 0 Å². The third-order valence-corrected chi connectivity index (χ3v) is 5.84. The second-order valence-corrected chi connectivity index (χ2v) is 7.93. The minimum Gasteiger partial charge on any atom is -0.494 e. The summed E-state index contributed by atoms with van der Waals surface area (Å²) in [4.78, 5) is 12.9. The highest BCUT2D eigenvalue weighted by atomic mass is 32.2. The van der Waals surface area contributed by atoms with Gasteiger partial charge in [0.1, 0.15) is 5.75 Å². The first-order valence-electron chi connectivity index (χ1n) is 8.56. The lowest BCUT2D eigenvalue weighted by molar-refractivity contribution is -0.139. The Bertz CT molecular complexity index is 669. The highest BCUT2D eigenvalue weighted by molar-refractivity contribution is 7.89. The van der Waals surface area contributed by atoms with Crippen LogP contribution in [0.1, 0.15) is 33.1 Å². The van der Waals surface area contributed by atoms with Crippen LogP contribution in [-0.4, -0.2) is 56.2 Å². The number of hydrogen-bond acceptors (Lipinski definition) is 5. The highest BCUT2D eigenvalue weighted by Gasteiger charge is 2.36. The quantitative estimate of drug-likeness (QED) is 0.651. The second-order valence-electron chi connectivity index (χ2n) is 6.22. The van der Waals surface area contributed by atoms with Gasteiger partial charge in [-0.1, -0.05) is 13.8 Å². The molecule has 0 aromatic heterocycles. The summed E-state index contributed by atoms with van der Waals surface area (Å²) in [5, 5.41) is 8.90. The predicted octanol–water partition coefficient (Wildman–Crippen LogP) is 1.69. The van der Waals surface area contributed by atoms with E-state index < -0.39 is 16.0 Å². The van der Waals surface area contributed by atoms with Gasteiger partial charge >= 0.3 is 5.97 Å². The Balaban J connectivity index is 1.89. The third-order valence-electron chi connectivity index (χ3n) is 4.30. The minimum atomic E-state index is -3.58. The molecule has 8 heteroatoms. The van der Waals surface area contributed by atoms with E-state index in [1.807, 2.05) is 18.7 Å². The van der Waals surface area contributed by atoms with Crippen LogP contribution in [-0.2, 0) is 14.8 Å². The number of benzene rings is 1. The van der Waals surface area contributed by atoms with Crippen molar-refractivity contribution in [1.82, 2.24) is 9.62 Å². The van der Waals surface area contributed by atoms with Gasteiger partial charge in [0.2, 0.25) is 10.0 Å². The van der Waals surface area contributed by atoms with E-state index in [2.05, 4.69) is 4.72 Å². The number of nitrogens with zero attached hydrogens (tertiary/aromatic N) is 1. The molecule has 0 aliphatic heterocycles. The number of likely N-dealkylation sites (N-methyl/N-ethyl adjacent to an activating group) is 1. The van der Waals surface area contributed by atoms with E-state index >= 15 is 0 Å². The van der Waals surface area contributed by atoms with Gasteiger partial charge in [0.25, 0.3) is 0 Å². The number of ether oxygens (including phenoxy) is 1. The van der Waals surface area contributed by atoms with E-state index in [0.717, 1.165) is 6.42 Å². The van der Waals surface area contributed by atoms with E-state index in [-0.39, 0.29) is 23.5 Å². The molecule has 1 aliphatic rings. The van der Waals surface area contributed by atoms with Gasteiger partial charge in [0.05, 0.1) is 18.0 Å². The molecule has 140 valence electrons. The first-order chi connectivity index (χ1) is 11.9. The molecule has 7 nitrogen and oxygen atoms in total. The Morgan fingerprint density at radius 1 is 1.28 bits per heavy atom. The summed E-state index contributed by atoms with van der Waals surface area (Å²) in [7, 11) is -3.58. The van der Waals surface area contributed by atoms with Crippen molar-refractivity contribution < 1.29 is 23.1 Å². The van der Waals surface area contributed by atoms with Gasteiger partial charge in [-0.05, 0) is 50.1 Å². The van der Waals surface area contributed by atoms with Gasteiger partial charge in [-0.25, -0.2) is 13.1 Å². The third kappa shape index (κ3) is 5.42. The molecule has 25 heavy (non-hydrogen) atoms. The number of sulfonamides is 1. The van der Waals surface area contributed by atoms with Crippen molar-refractivity contribution in [3.05, 3.63) is 24.3 Å². The Morgan fingerprint density at radius 3 is 2.44 bits per heavy atom. The summed E-state index contributed by atoms with van der Waals surface area (Å²) in [5.74, 6) is -0.215. The molecule has 0 saturated heterocycles. The van der Waals surface area contributed by atoms with Crippen molar-refractivity contribution in [3.63, 3.8) is 0 Å². The molecule has 0 bridgehead atoms. The molecule has 1 saturated carbocycles. The van der Waals surface area contributed by atoms with Crippen LogP contribution in [0.5, 0.6) is 5.75 Å². The molecule has 0 spiro atoms. The van der Waals surface area contributed by atoms with E-state index in [1.54, 1.807) is 12.1 Å². The standard InChI is InChI=1S/C17H26N2O5S/c1-3-9-24-15-5-7-16(8-6-15)25(22,23)18-13-10-14(11-13)19(4-2)12-17(20)21/h5-8,13-14,18H,3-4,9-12H2,1-2H3,(H,20,21). The summed E-state index contributed by atoms with van der Waals surface area (Å²) in [6, 6.07) is 6.32. The van der Waals surface area contributed by atoms with Crippen molar-refractivity contribution in [3.8, 4) is 5.75 Å². The van der Waals surface area contributed by atoms with Crippen LogP contribution >= 0.6 is 0 Å². The molecule has 0 unspecified atom stereocenters. The van der Waals surface area contributed by atoms with Gasteiger partial charge in [0, 0.05) is 12.1 Å². The van der Waals surface area contributed by atoms with Crippen molar-refractivity contribution in [2.45, 2.75) is 50.1 Å². The monoisotopic (exact) mass is 370 g/mol. The lowest BCUT2D eigenvalue weighted by Crippen LogP contribution is -2.54. The minimum absolute atomic E-state index is 0.0140.